The number of alkyl carbamates (subject to hydrolysis) is 1. The van der Waals surface area contributed by atoms with Crippen molar-refractivity contribution >= 4 is 29.5 Å². The lowest BCUT2D eigenvalue weighted by molar-refractivity contribution is -0.128. The largest absolute Gasteiger partial charge is 0.449 e. The number of ether oxygens (including phenoxy) is 5. The minimum atomic E-state index is -0.979. The van der Waals surface area contributed by atoms with Gasteiger partial charge in [-0.25, -0.2) is 4.79 Å². The maximum atomic E-state index is 13.7. The molecule has 2 atom stereocenters. The summed E-state index contributed by atoms with van der Waals surface area (Å²) in [6, 6.07) is 20.9. The molecule has 0 heterocycles. The molecule has 5 N–H and O–H groups in total. The Kier molecular flexibility index (Phi) is 22.8. The molecule has 14 nitrogen and oxygen atoms in total. The normalized spacial score (nSPS) is 12.7. The van der Waals surface area contributed by atoms with Gasteiger partial charge in [0, 0.05) is 31.7 Å². The van der Waals surface area contributed by atoms with Crippen LogP contribution in [-0.4, -0.2) is 108 Å². The van der Waals surface area contributed by atoms with Gasteiger partial charge in [-0.15, -0.1) is 0 Å². The van der Waals surface area contributed by atoms with E-state index in [1.165, 1.54) is 0 Å². The fourth-order valence-corrected chi connectivity index (χ4v) is 6.39. The van der Waals surface area contributed by atoms with E-state index < -0.39 is 30.0 Å². The van der Waals surface area contributed by atoms with Gasteiger partial charge in [0.05, 0.1) is 52.9 Å². The average molecular weight is 821 g/mol. The minimum absolute atomic E-state index is 0.0947. The van der Waals surface area contributed by atoms with Gasteiger partial charge in [0.15, 0.2) is 0 Å². The molecule has 4 amide bonds. The zero-order valence-corrected chi connectivity index (χ0v) is 35.3. The number of hydrogen-bond acceptors (Lipinski definition) is 10. The van der Waals surface area contributed by atoms with Crippen LogP contribution in [0.4, 0.5) is 10.5 Å². The molecule has 3 aromatic carbocycles. The van der Waals surface area contributed by atoms with Crippen molar-refractivity contribution in [3.05, 3.63) is 89.5 Å². The van der Waals surface area contributed by atoms with Gasteiger partial charge in [-0.05, 0) is 65.1 Å². The Labute approximate surface area is 349 Å². The van der Waals surface area contributed by atoms with Gasteiger partial charge < -0.3 is 50.1 Å². The van der Waals surface area contributed by atoms with Crippen LogP contribution in [0.15, 0.2) is 72.8 Å². The molecule has 0 radical (unpaired) electrons. The molecule has 59 heavy (non-hydrogen) atoms. The Morgan fingerprint density at radius 1 is 0.712 bits per heavy atom. The Balaban J connectivity index is 0.00000458. The van der Waals surface area contributed by atoms with Crippen molar-refractivity contribution in [1.29, 1.82) is 0 Å². The first-order valence-electron chi connectivity index (χ1n) is 20.6. The number of unbranched alkanes of at least 4 members (excludes halogenated alkanes) is 1. The molecule has 3 aromatic rings. The van der Waals surface area contributed by atoms with Crippen molar-refractivity contribution in [3.8, 4) is 11.1 Å². The maximum Gasteiger partial charge on any atom is 0.407 e. The second kappa shape index (κ2) is 27.8. The number of aliphatic hydroxyl groups is 1. The molecule has 0 aromatic heterocycles. The number of carbonyl (C=O) groups is 4. The number of hydrogen-bond donors (Lipinski definition) is 5. The lowest BCUT2D eigenvalue weighted by Gasteiger charge is -2.25. The van der Waals surface area contributed by atoms with Gasteiger partial charge in [0.2, 0.25) is 17.7 Å². The summed E-state index contributed by atoms with van der Waals surface area (Å²) in [6.45, 7) is 11.0. The summed E-state index contributed by atoms with van der Waals surface area (Å²) in [5, 5.41) is 20.7. The number of methoxy groups -OCH3 is 1. The molecule has 4 rings (SSSR count). The first-order chi connectivity index (χ1) is 28.7. The summed E-state index contributed by atoms with van der Waals surface area (Å²) >= 11 is 0. The zero-order chi connectivity index (χ0) is 42.8. The third-order valence-electron chi connectivity index (χ3n) is 9.49. The van der Waals surface area contributed by atoms with Crippen molar-refractivity contribution in [3.63, 3.8) is 0 Å². The molecule has 324 valence electrons. The summed E-state index contributed by atoms with van der Waals surface area (Å²) < 4.78 is 26.8. The van der Waals surface area contributed by atoms with E-state index >= 15 is 0 Å². The number of carbonyl (C=O) groups excluding carboxylic acids is 4. The third kappa shape index (κ3) is 16.7. The molecule has 0 saturated carbocycles. The molecule has 1 aliphatic rings. The zero-order valence-electron chi connectivity index (χ0n) is 35.3. The Morgan fingerprint density at radius 2 is 1.29 bits per heavy atom. The monoisotopic (exact) mass is 820 g/mol. The predicted octanol–water partition coefficient (Wildman–Crippen LogP) is 5.56. The highest BCUT2D eigenvalue weighted by Crippen LogP contribution is 2.44. The van der Waals surface area contributed by atoms with Gasteiger partial charge in [-0.3, -0.25) is 14.4 Å². The molecule has 0 bridgehead atoms. The molecule has 1 unspecified atom stereocenters. The SMILES string of the molecule is CC.COCCOCCOCCOCCC(=O)NCCCC[C@H](NC(=O)C(NC(=O)OCC1c2ccccc2-c2ccccc21)C(C)C)C(=O)Nc1ccc(CO)cc1. The smallest absolute Gasteiger partial charge is 0.407 e. The van der Waals surface area contributed by atoms with Crippen LogP contribution in [0.2, 0.25) is 0 Å². The van der Waals surface area contributed by atoms with Crippen molar-refractivity contribution in [2.75, 3.05) is 71.8 Å². The van der Waals surface area contributed by atoms with Crippen LogP contribution < -0.4 is 21.3 Å². The van der Waals surface area contributed by atoms with Gasteiger partial charge in [-0.1, -0.05) is 88.4 Å². The maximum absolute atomic E-state index is 13.7. The molecular formula is C45H64N4O10. The topological polar surface area (TPSA) is 183 Å². The minimum Gasteiger partial charge on any atom is -0.449 e. The van der Waals surface area contributed by atoms with Crippen molar-refractivity contribution in [2.24, 2.45) is 5.92 Å². The molecular weight excluding hydrogens is 757 g/mol. The lowest BCUT2D eigenvalue weighted by atomic mass is 9.98. The van der Waals surface area contributed by atoms with Crippen LogP contribution in [0.5, 0.6) is 0 Å². The van der Waals surface area contributed by atoms with E-state index in [1.54, 1.807) is 45.2 Å². The molecule has 0 fully saturated rings. The summed E-state index contributed by atoms with van der Waals surface area (Å²) in [6.07, 6.45) is 0.812. The number of nitrogens with one attached hydrogen (secondary N) is 4. The van der Waals surface area contributed by atoms with Crippen LogP contribution >= 0.6 is 0 Å². The summed E-state index contributed by atoms with van der Waals surface area (Å²) in [5.41, 5.74) is 5.56. The van der Waals surface area contributed by atoms with Crippen LogP contribution in [0.25, 0.3) is 11.1 Å². The highest BCUT2D eigenvalue weighted by Gasteiger charge is 2.32. The van der Waals surface area contributed by atoms with Crippen molar-refractivity contribution < 1.29 is 48.0 Å². The fourth-order valence-electron chi connectivity index (χ4n) is 6.39. The van der Waals surface area contributed by atoms with E-state index in [1.807, 2.05) is 50.2 Å². The van der Waals surface area contributed by atoms with Crippen molar-refractivity contribution in [2.45, 2.75) is 78.0 Å². The van der Waals surface area contributed by atoms with Crippen molar-refractivity contribution in [1.82, 2.24) is 16.0 Å². The number of rotatable bonds is 26. The predicted molar refractivity (Wildman–Crippen MR) is 227 cm³/mol. The number of amides is 4. The summed E-state index contributed by atoms with van der Waals surface area (Å²) in [5.74, 6) is -1.58. The van der Waals surface area contributed by atoms with E-state index in [0.717, 1.165) is 22.3 Å². The molecule has 0 saturated heterocycles. The van der Waals surface area contributed by atoms with Crippen LogP contribution in [0.1, 0.15) is 76.0 Å². The van der Waals surface area contributed by atoms with E-state index in [4.69, 9.17) is 23.7 Å². The highest BCUT2D eigenvalue weighted by atomic mass is 16.6. The number of fused-ring (bicyclic) bond motifs is 3. The second-order valence-electron chi connectivity index (χ2n) is 14.0. The number of benzene rings is 3. The Bertz CT molecular complexity index is 1660. The summed E-state index contributed by atoms with van der Waals surface area (Å²) in [7, 11) is 1.61. The second-order valence-corrected chi connectivity index (χ2v) is 14.0. The Hall–Kier alpha value is -4.86. The third-order valence-corrected chi connectivity index (χ3v) is 9.49. The molecule has 1 aliphatic carbocycles. The fraction of sp³-hybridized carbons (Fsp3) is 0.511. The molecule has 14 heteroatoms. The van der Waals surface area contributed by atoms with Gasteiger partial charge in [0.25, 0.3) is 0 Å². The average Bonchev–Trinajstić information content (AvgIpc) is 3.57. The van der Waals surface area contributed by atoms with Gasteiger partial charge in [-0.2, -0.15) is 0 Å². The quantitative estimate of drug-likeness (QED) is 0.0643. The van der Waals surface area contributed by atoms with E-state index in [9.17, 15) is 24.3 Å². The number of aliphatic hydroxyl groups excluding tert-OH is 1. The first-order valence-corrected chi connectivity index (χ1v) is 20.6. The van der Waals surface area contributed by atoms with E-state index in [2.05, 4.69) is 33.4 Å². The first kappa shape index (κ1) is 48.5. The standard InChI is InChI=1S/C43H58N4O10.C2H6/c1-30(2)40(47-43(52)57-29-37-35-12-6-4-10-33(35)34-11-5-7-13-36(34)37)42(51)46-38(41(50)45-32-17-15-31(28-48)16-18-32)14-8-9-20-44-39(49)19-21-54-24-25-56-27-26-55-23-22-53-3;1-2/h4-7,10-13,15-18,30,37-38,40,48H,8-9,14,19-29H2,1-3H3,(H,44,49)(H,45,50)(H,46,51)(H,47,52);1-2H3/t38-,40?;/m0./s1. The Morgan fingerprint density at radius 3 is 1.86 bits per heavy atom. The molecule has 0 spiro atoms. The lowest BCUT2D eigenvalue weighted by Crippen LogP contribution is -2.54. The molecule has 0 aliphatic heterocycles. The number of anilines is 1. The van der Waals surface area contributed by atoms with E-state index in [0.29, 0.717) is 70.3 Å². The van der Waals surface area contributed by atoms with Crippen LogP contribution in [0, 0.1) is 5.92 Å². The van der Waals surface area contributed by atoms with Gasteiger partial charge >= 0.3 is 6.09 Å². The van der Waals surface area contributed by atoms with Crippen LogP contribution in [0.3, 0.4) is 0 Å². The highest BCUT2D eigenvalue weighted by molar-refractivity contribution is 5.98. The van der Waals surface area contributed by atoms with Gasteiger partial charge in [0.1, 0.15) is 18.7 Å². The van der Waals surface area contributed by atoms with E-state index in [-0.39, 0.29) is 50.4 Å². The summed E-state index contributed by atoms with van der Waals surface area (Å²) in [4.78, 5) is 52.7. The van der Waals surface area contributed by atoms with Crippen LogP contribution in [-0.2, 0) is 44.7 Å².